The highest BCUT2D eigenvalue weighted by molar-refractivity contribution is 6.05. The molecule has 8 nitrogen and oxygen atoms in total. The van der Waals surface area contributed by atoms with Crippen LogP contribution in [0.1, 0.15) is 52.7 Å². The van der Waals surface area contributed by atoms with Crippen LogP contribution in [0.4, 0.5) is 0 Å². The molecule has 3 amide bonds. The van der Waals surface area contributed by atoms with Crippen LogP contribution in [0.5, 0.6) is 5.75 Å². The molecule has 7 rings (SSSR count). The summed E-state index contributed by atoms with van der Waals surface area (Å²) >= 11 is 0. The van der Waals surface area contributed by atoms with Crippen molar-refractivity contribution in [2.45, 2.75) is 50.2 Å². The molecule has 2 saturated heterocycles. The maximum atomic E-state index is 13.2. The standard InChI is InChI=1S/C29H28N4O4/c34-25-8-7-24(27(35)31-25)33-16-21-20(28(33)36)4-5-22-26(21)37-17-29(22)9-12-32(13-10-29)15-18-3-6-23-19(14-18)2-1-11-30-23/h1-6,11,14,24H,7-10,12-13,15-17H2,(H,31,34,35). The van der Waals surface area contributed by atoms with Gasteiger partial charge in [-0.1, -0.05) is 18.2 Å². The predicted molar refractivity (Wildman–Crippen MR) is 136 cm³/mol. The first-order valence-corrected chi connectivity index (χ1v) is 13.0. The van der Waals surface area contributed by atoms with Crippen LogP contribution in [0.3, 0.4) is 0 Å². The van der Waals surface area contributed by atoms with Gasteiger partial charge in [0.2, 0.25) is 11.8 Å². The Bertz CT molecular complexity index is 1460. The van der Waals surface area contributed by atoms with Gasteiger partial charge in [0.25, 0.3) is 5.91 Å². The first kappa shape index (κ1) is 22.4. The Morgan fingerprint density at radius 3 is 2.78 bits per heavy atom. The molecule has 2 aromatic carbocycles. The molecule has 0 saturated carbocycles. The van der Waals surface area contributed by atoms with Crippen LogP contribution in [-0.4, -0.2) is 58.2 Å². The average molecular weight is 497 g/mol. The number of fused-ring (bicyclic) bond motifs is 5. The van der Waals surface area contributed by atoms with E-state index in [1.54, 1.807) is 4.90 Å². The molecule has 1 aromatic heterocycles. The maximum Gasteiger partial charge on any atom is 0.255 e. The largest absolute Gasteiger partial charge is 0.492 e. The second-order valence-corrected chi connectivity index (χ2v) is 10.7. The van der Waals surface area contributed by atoms with E-state index in [1.165, 1.54) is 16.5 Å². The number of carbonyl (C=O) groups excluding carboxylic acids is 3. The summed E-state index contributed by atoms with van der Waals surface area (Å²) in [6.07, 6.45) is 4.44. The van der Waals surface area contributed by atoms with Gasteiger partial charge in [0.05, 0.1) is 18.7 Å². The Morgan fingerprint density at radius 2 is 1.95 bits per heavy atom. The molecule has 8 heteroatoms. The molecular weight excluding hydrogens is 468 g/mol. The Morgan fingerprint density at radius 1 is 1.08 bits per heavy atom. The number of carbonyl (C=O) groups is 3. The third kappa shape index (κ3) is 3.62. The number of hydrogen-bond acceptors (Lipinski definition) is 6. The fourth-order valence-electron chi connectivity index (χ4n) is 6.52. The maximum absolute atomic E-state index is 13.2. The van der Waals surface area contributed by atoms with Crippen LogP contribution in [0.25, 0.3) is 10.9 Å². The third-order valence-electron chi connectivity index (χ3n) is 8.62. The van der Waals surface area contributed by atoms with Gasteiger partial charge < -0.3 is 9.64 Å². The van der Waals surface area contributed by atoms with Crippen molar-refractivity contribution in [3.63, 3.8) is 0 Å². The number of likely N-dealkylation sites (tertiary alicyclic amines) is 1. The summed E-state index contributed by atoms with van der Waals surface area (Å²) in [5.41, 5.74) is 4.97. The molecule has 1 atom stereocenters. The molecule has 4 aliphatic heterocycles. The van der Waals surface area contributed by atoms with E-state index in [1.807, 2.05) is 18.3 Å². The Balaban J connectivity index is 1.08. The topological polar surface area (TPSA) is 91.8 Å². The minimum absolute atomic E-state index is 0.0424. The van der Waals surface area contributed by atoms with E-state index in [4.69, 9.17) is 4.74 Å². The Hall–Kier alpha value is -3.78. The minimum atomic E-state index is -0.613. The second-order valence-electron chi connectivity index (χ2n) is 10.7. The zero-order valence-corrected chi connectivity index (χ0v) is 20.5. The van der Waals surface area contributed by atoms with E-state index in [0.717, 1.165) is 49.3 Å². The molecule has 0 aliphatic carbocycles. The van der Waals surface area contributed by atoms with Crippen LogP contribution in [-0.2, 0) is 28.1 Å². The molecular formula is C29H28N4O4. The average Bonchev–Trinajstić information content (AvgIpc) is 3.43. The van der Waals surface area contributed by atoms with Crippen molar-refractivity contribution in [1.82, 2.24) is 20.1 Å². The number of piperidine rings is 2. The molecule has 1 spiro atoms. The first-order valence-electron chi connectivity index (χ1n) is 13.0. The van der Waals surface area contributed by atoms with Crippen molar-refractivity contribution in [3.05, 3.63) is 70.9 Å². The number of nitrogens with zero attached hydrogens (tertiary/aromatic N) is 3. The van der Waals surface area contributed by atoms with Gasteiger partial charge in [0.1, 0.15) is 11.8 Å². The number of pyridine rings is 1. The van der Waals surface area contributed by atoms with Gasteiger partial charge in [-0.25, -0.2) is 0 Å². The lowest BCUT2D eigenvalue weighted by Crippen LogP contribution is -2.52. The second kappa shape index (κ2) is 8.38. The van der Waals surface area contributed by atoms with Crippen molar-refractivity contribution < 1.29 is 19.1 Å². The minimum Gasteiger partial charge on any atom is -0.492 e. The number of amides is 3. The molecule has 4 aliphatic rings. The molecule has 1 N–H and O–H groups in total. The van der Waals surface area contributed by atoms with E-state index < -0.39 is 6.04 Å². The molecule has 188 valence electrons. The summed E-state index contributed by atoms with van der Waals surface area (Å²) in [4.78, 5) is 45.7. The molecule has 2 fully saturated rings. The Kier molecular flexibility index (Phi) is 5.08. The van der Waals surface area contributed by atoms with Gasteiger partial charge >= 0.3 is 0 Å². The van der Waals surface area contributed by atoms with E-state index in [9.17, 15) is 14.4 Å². The van der Waals surface area contributed by atoms with Gasteiger partial charge in [-0.15, -0.1) is 0 Å². The van der Waals surface area contributed by atoms with E-state index in [2.05, 4.69) is 45.5 Å². The zero-order chi connectivity index (χ0) is 25.1. The highest BCUT2D eigenvalue weighted by Crippen LogP contribution is 2.49. The van der Waals surface area contributed by atoms with Crippen molar-refractivity contribution >= 4 is 28.6 Å². The summed E-state index contributed by atoms with van der Waals surface area (Å²) < 4.78 is 6.31. The fourth-order valence-corrected chi connectivity index (χ4v) is 6.52. The molecule has 1 unspecified atom stereocenters. The quantitative estimate of drug-likeness (QED) is 0.561. The van der Waals surface area contributed by atoms with E-state index >= 15 is 0 Å². The molecule has 5 heterocycles. The number of aromatic nitrogens is 1. The summed E-state index contributed by atoms with van der Waals surface area (Å²) in [5.74, 6) is 0.00964. The highest BCUT2D eigenvalue weighted by Gasteiger charge is 2.47. The summed E-state index contributed by atoms with van der Waals surface area (Å²) in [6, 6.07) is 13.9. The number of ether oxygens (including phenoxy) is 1. The number of imide groups is 1. The summed E-state index contributed by atoms with van der Waals surface area (Å²) in [5, 5.41) is 3.54. The number of rotatable bonds is 3. The molecule has 3 aromatic rings. The SMILES string of the molecule is O=C1CCC(N2Cc3c(ccc4c3OCC43CCN(Cc4ccc5ncccc5c4)CC3)C2=O)C(=O)N1. The lowest BCUT2D eigenvalue weighted by atomic mass is 9.74. The van der Waals surface area contributed by atoms with Crippen LogP contribution in [0, 0.1) is 0 Å². The van der Waals surface area contributed by atoms with Crippen LogP contribution in [0.2, 0.25) is 0 Å². The normalized spacial score (nSPS) is 22.8. The van der Waals surface area contributed by atoms with Crippen LogP contribution in [0.15, 0.2) is 48.7 Å². The monoisotopic (exact) mass is 496 g/mol. The van der Waals surface area contributed by atoms with Gasteiger partial charge in [-0.2, -0.15) is 0 Å². The van der Waals surface area contributed by atoms with Crippen molar-refractivity contribution in [2.75, 3.05) is 19.7 Å². The van der Waals surface area contributed by atoms with Crippen molar-refractivity contribution in [1.29, 1.82) is 0 Å². The van der Waals surface area contributed by atoms with Crippen molar-refractivity contribution in [2.24, 2.45) is 0 Å². The van der Waals surface area contributed by atoms with Gasteiger partial charge in [0, 0.05) is 46.7 Å². The Labute approximate surface area is 214 Å². The summed E-state index contributed by atoms with van der Waals surface area (Å²) in [6.45, 7) is 3.84. The highest BCUT2D eigenvalue weighted by atomic mass is 16.5. The third-order valence-corrected chi connectivity index (χ3v) is 8.62. The van der Waals surface area contributed by atoms with Gasteiger partial charge in [-0.3, -0.25) is 29.6 Å². The number of hydrogen-bond donors (Lipinski definition) is 1. The lowest BCUT2D eigenvalue weighted by Gasteiger charge is -2.38. The van der Waals surface area contributed by atoms with E-state index in [0.29, 0.717) is 25.1 Å². The van der Waals surface area contributed by atoms with Crippen LogP contribution < -0.4 is 10.1 Å². The summed E-state index contributed by atoms with van der Waals surface area (Å²) in [7, 11) is 0. The van der Waals surface area contributed by atoms with Gasteiger partial charge in [-0.05, 0) is 62.2 Å². The zero-order valence-electron chi connectivity index (χ0n) is 20.5. The van der Waals surface area contributed by atoms with Crippen molar-refractivity contribution in [3.8, 4) is 5.75 Å². The predicted octanol–water partition coefficient (Wildman–Crippen LogP) is 2.92. The molecule has 0 bridgehead atoms. The molecule has 37 heavy (non-hydrogen) atoms. The van der Waals surface area contributed by atoms with Gasteiger partial charge in [0.15, 0.2) is 0 Å². The van der Waals surface area contributed by atoms with Crippen LogP contribution >= 0.6 is 0 Å². The number of benzene rings is 2. The lowest BCUT2D eigenvalue weighted by molar-refractivity contribution is -0.136. The molecule has 0 radical (unpaired) electrons. The number of nitrogens with one attached hydrogen (secondary N) is 1. The van der Waals surface area contributed by atoms with E-state index in [-0.39, 0.29) is 29.6 Å². The fraction of sp³-hybridized carbons (Fsp3) is 0.379. The first-order chi connectivity index (χ1) is 18.0. The smallest absolute Gasteiger partial charge is 0.255 e.